The van der Waals surface area contributed by atoms with Crippen LogP contribution < -0.4 is 50.3 Å². The number of ketones is 3. The van der Waals surface area contributed by atoms with Gasteiger partial charge >= 0.3 is 22.8 Å². The Hall–Kier alpha value is -7.40. The lowest BCUT2D eigenvalue weighted by atomic mass is 10.1. The normalized spacial score (nSPS) is 27.9. The summed E-state index contributed by atoms with van der Waals surface area (Å²) in [4.78, 5) is 151. The Bertz CT molecular complexity index is 5350. The molecule has 6 aliphatic rings. The molecule has 4 aromatic rings. The number of aromatic amines is 4. The Kier molecular flexibility index (Phi) is 37.2. The summed E-state index contributed by atoms with van der Waals surface area (Å²) >= 11 is 0. The maximum absolute atomic E-state index is 12.2. The van der Waals surface area contributed by atoms with Crippen molar-refractivity contribution in [3.63, 3.8) is 0 Å². The molecule has 10 heterocycles. The van der Waals surface area contributed by atoms with Crippen LogP contribution in [-0.2, 0) is 38.1 Å². The van der Waals surface area contributed by atoms with Crippen molar-refractivity contribution in [2.24, 2.45) is 0 Å². The molecule has 0 spiro atoms. The zero-order valence-corrected chi connectivity index (χ0v) is 76.6. The molecule has 5 saturated heterocycles. The quantitative estimate of drug-likeness (QED) is 0.0156. The van der Waals surface area contributed by atoms with Gasteiger partial charge in [0.25, 0.3) is 28.1 Å². The molecule has 15 N–H and O–H groups in total. The summed E-state index contributed by atoms with van der Waals surface area (Å²) in [5.41, 5.74) is -5.03. The van der Waals surface area contributed by atoms with Crippen LogP contribution in [0.4, 0.5) is 0 Å². The second-order valence-electron chi connectivity index (χ2n) is 34.8. The first-order valence-electron chi connectivity index (χ1n) is 39.6. The zero-order chi connectivity index (χ0) is 93.0. The molecule has 0 aliphatic carbocycles. The van der Waals surface area contributed by atoms with Crippen LogP contribution in [0.3, 0.4) is 0 Å². The zero-order valence-electron chi connectivity index (χ0n) is 72.1. The number of rotatable bonds is 28. The van der Waals surface area contributed by atoms with Crippen LogP contribution in [0.2, 0.25) is 0 Å². The Morgan fingerprint density at radius 2 is 0.715 bits per heavy atom. The van der Waals surface area contributed by atoms with Crippen LogP contribution in [0.15, 0.2) is 106 Å². The lowest BCUT2D eigenvalue weighted by Crippen LogP contribution is -2.47. The average Bonchev–Trinajstić information content (AvgIpc) is 1.69. The number of hydrogen-bond donors (Lipinski definition) is 15. The first kappa shape index (κ1) is 104. The minimum absolute atomic E-state index is 0.0679. The van der Waals surface area contributed by atoms with Crippen LogP contribution in [0, 0.1) is 0 Å². The lowest BCUT2D eigenvalue weighted by molar-refractivity contribution is -0.119. The van der Waals surface area contributed by atoms with Crippen molar-refractivity contribution < 1.29 is 93.9 Å². The van der Waals surface area contributed by atoms with Crippen LogP contribution in [0.5, 0.6) is 0 Å². The van der Waals surface area contributed by atoms with Crippen LogP contribution in [-0.4, -0.2) is 344 Å². The van der Waals surface area contributed by atoms with E-state index < -0.39 is 220 Å². The molecular formula is C81H125N10O27P5. The summed E-state index contributed by atoms with van der Waals surface area (Å²) in [6, 6.07) is 0. The van der Waals surface area contributed by atoms with Gasteiger partial charge in [0.1, 0.15) is 72.6 Å². The summed E-state index contributed by atoms with van der Waals surface area (Å²) in [5, 5.41) is 105. The highest BCUT2D eigenvalue weighted by molar-refractivity contribution is 7.73. The Morgan fingerprint density at radius 3 is 1.02 bits per heavy atom. The van der Waals surface area contributed by atoms with Crippen LogP contribution in [0.1, 0.15) is 125 Å². The highest BCUT2D eigenvalue weighted by Crippen LogP contribution is 2.44. The highest BCUT2D eigenvalue weighted by atomic mass is 31.2. The van der Waals surface area contributed by atoms with E-state index in [9.17, 15) is 109 Å². The summed E-state index contributed by atoms with van der Waals surface area (Å²) in [6.07, 6.45) is 21.1. The second kappa shape index (κ2) is 43.9. The topological polar surface area (TPSA) is 551 Å². The number of aromatic nitrogens is 8. The third-order valence-corrected chi connectivity index (χ3v) is 27.7. The van der Waals surface area contributed by atoms with Gasteiger partial charge in [-0.1, -0.05) is 38.3 Å². The van der Waals surface area contributed by atoms with Crippen LogP contribution >= 0.6 is 34.4 Å². The van der Waals surface area contributed by atoms with Crippen LogP contribution in [0.25, 0.3) is 18.2 Å². The van der Waals surface area contributed by atoms with Crippen molar-refractivity contribution in [2.75, 3.05) is 97.5 Å². The van der Waals surface area contributed by atoms with Gasteiger partial charge in [-0.25, -0.2) is 19.2 Å². The molecule has 20 atom stereocenters. The number of carbonyl (C=O) groups is 4. The van der Waals surface area contributed by atoms with Crippen molar-refractivity contribution in [1.29, 1.82) is 0 Å². The summed E-state index contributed by atoms with van der Waals surface area (Å²) in [5.74, 6) is -1.32. The van der Waals surface area contributed by atoms with Crippen molar-refractivity contribution in [3.8, 4) is 0 Å². The SMILES string of the molecule is C=C1NC(=O)C(C)=CN1[C@@H]1O[C@H](CCP(=C)(C)C)[C@@H](O)[C@H]1O.C=Cc1cn([C@@H]2O[C@H](CCP(=C)(C)C)[C@@H](O)[C@H]2O)c(=O)[nH]c1=O.C=P(C)(C)CC[C@H]1O[C@@H](n2cc(/C=C/C(C)=O)c(=O)[nH]c2=O)[C@H](O)[C@@H]1O.C=P(C)(C)CC[C@H]1O[C@@H](n2cc(/C=C/CC)c(=O)[nH]c2=O)[C@H](O)[C@@H]1O.C=P(C)(C)CC[C@H]1O[C@@H](n2cc(C(=O)CC(C)=O)c(=O)[nH]c2=O)[C@H](O)[C@@H]1O. The van der Waals surface area contributed by atoms with Gasteiger partial charge < -0.3 is 85.0 Å². The minimum atomic E-state index is -1.42. The number of carbonyl (C=O) groups excluding carboxylic acids is 4. The van der Waals surface area contributed by atoms with Gasteiger partial charge in [0.15, 0.2) is 42.7 Å². The number of ether oxygens (including phenoxy) is 5. The number of nitrogens with one attached hydrogen (secondary N) is 5. The maximum atomic E-state index is 12.2. The summed E-state index contributed by atoms with van der Waals surface area (Å²) < 4.78 is 32.7. The molecule has 0 aromatic carbocycles. The van der Waals surface area contributed by atoms with Gasteiger partial charge in [-0.15, -0.1) is 65.9 Å². The number of nitrogens with zero attached hydrogens (tertiary/aromatic N) is 5. The first-order valence-corrected chi connectivity index (χ1v) is 54.9. The van der Waals surface area contributed by atoms with E-state index in [0.717, 1.165) is 61.7 Å². The maximum Gasteiger partial charge on any atom is 0.330 e. The molecular weight excluding hydrogens is 1700 g/mol. The molecule has 6 aliphatic heterocycles. The second-order valence-corrected chi connectivity index (χ2v) is 56.4. The fourth-order valence-electron chi connectivity index (χ4n) is 13.3. The Labute approximate surface area is 712 Å². The molecule has 0 saturated carbocycles. The molecule has 686 valence electrons. The Balaban J connectivity index is 0.000000238. The lowest BCUT2D eigenvalue weighted by Gasteiger charge is -2.34. The third kappa shape index (κ3) is 29.6. The number of allylic oxidation sites excluding steroid dienone is 2. The molecule has 0 unspecified atom stereocenters. The van der Waals surface area contributed by atoms with Gasteiger partial charge in [0.2, 0.25) is 0 Å². The fraction of sp³-hybridized carbons (Fsp3) is 0.568. The largest absolute Gasteiger partial charge is 0.388 e. The summed E-state index contributed by atoms with van der Waals surface area (Å²) in [7, 11) is 0. The number of hydrogen-bond acceptors (Lipinski definition) is 28. The van der Waals surface area contributed by atoms with Crippen molar-refractivity contribution in [2.45, 2.75) is 195 Å². The molecule has 1 amide bonds. The van der Waals surface area contributed by atoms with E-state index in [2.05, 4.69) is 118 Å². The van der Waals surface area contributed by atoms with Gasteiger partial charge in [-0.05, 0) is 169 Å². The predicted octanol–water partition coefficient (Wildman–Crippen LogP) is 0.190. The molecule has 10 rings (SSSR count). The number of H-pyrrole nitrogens is 4. The Morgan fingerprint density at radius 1 is 0.431 bits per heavy atom. The smallest absolute Gasteiger partial charge is 0.330 e. The van der Waals surface area contributed by atoms with Gasteiger partial charge in [0, 0.05) is 36.6 Å². The van der Waals surface area contributed by atoms with E-state index in [4.69, 9.17) is 23.7 Å². The van der Waals surface area contributed by atoms with E-state index in [1.807, 2.05) is 25.2 Å². The third-order valence-electron chi connectivity index (χ3n) is 20.3. The molecule has 4 aromatic heterocycles. The molecule has 123 heavy (non-hydrogen) atoms. The predicted molar refractivity (Wildman–Crippen MR) is 488 cm³/mol. The number of aliphatic hydroxyl groups is 10. The molecule has 5 fully saturated rings. The number of aliphatic hydroxyl groups excluding tert-OH is 10. The van der Waals surface area contributed by atoms with Gasteiger partial charge in [-0.3, -0.25) is 76.6 Å². The molecule has 0 radical (unpaired) electrons. The minimum Gasteiger partial charge on any atom is -0.388 e. The molecule has 42 heteroatoms. The molecule has 0 bridgehead atoms. The average molecular weight is 1830 g/mol. The van der Waals surface area contributed by atoms with Gasteiger partial charge in [0.05, 0.1) is 59.2 Å². The van der Waals surface area contributed by atoms with E-state index in [1.165, 1.54) is 50.7 Å². The highest BCUT2D eigenvalue weighted by Gasteiger charge is 2.50. The van der Waals surface area contributed by atoms with E-state index in [-0.39, 0.29) is 28.4 Å². The van der Waals surface area contributed by atoms with E-state index >= 15 is 0 Å². The van der Waals surface area contributed by atoms with E-state index in [0.29, 0.717) is 49.1 Å². The van der Waals surface area contributed by atoms with Crippen molar-refractivity contribution >= 4 is 107 Å². The number of Topliss-reactive ketones (excluding diaryl/α,β-unsaturated/α-hetero) is 2. The first-order chi connectivity index (χ1) is 56.8. The van der Waals surface area contributed by atoms with Crippen molar-refractivity contribution in [3.05, 3.63) is 173 Å². The summed E-state index contributed by atoms with van der Waals surface area (Å²) in [6.45, 7) is 27.6. The number of amides is 1. The fourth-order valence-corrected chi connectivity index (χ4v) is 18.1. The van der Waals surface area contributed by atoms with Crippen molar-refractivity contribution in [1.82, 2.24) is 48.4 Å². The van der Waals surface area contributed by atoms with Gasteiger partial charge in [-0.2, -0.15) is 0 Å². The van der Waals surface area contributed by atoms with E-state index in [1.54, 1.807) is 30.2 Å². The monoisotopic (exact) mass is 1820 g/mol. The standard InChI is InChI=1S/C17H25N2O7P.C17H25N2O6P.C17H27N2O5P.C15H23N2O5P.C15H25N2O4P/c1-9(20)7-11(21)10-8-19(17(25)18-15(10)24)16-14(23)13(22)12(26-16)5-6-27(2,3)4;1-10(20)5-6-11-9-19(17(24)18-15(11)23)16-14(22)13(21)12(25-16)7-8-26(2,3)4;1-5-6-7-11-10-19(17(23)18-15(11)22)16-14(21)13(20)12(24-16)8-9-25(2,3)4;1-5-9-8-17(15(21)16-13(9)20)14-12(19)11(18)10(22-14)6-7-23(2,3)4;1-9-8-17(10(2)16-14(9)20)15-13(19)12(18)11(21-15)6-7-22(3,4)5/h8,12-14,16,22-23H,2,5-7H2,1,3-4H3,(H,18,24,25);5-6,9,12-14,16,21-22H,2,7-8H2,1,3-4H3,(H,18,23,24);6-7,10,12-14,16,20-21H,2,5,8-9H2,1,3-4H3,(H,18,22,23);5,8,10-12,14,18-19H,1-2,6-7H2,3-4H3,(H,16,20,21);8,11-13,15,18-19H,2-3,6-7H2,1,4-5H3,(H,16,20)/b;6-5+;7-6+;;/t3*12-,13-,14-,16-;10-,11-,12-,14-;11-,12-,13-,15-/m11111/s1. The molecule has 37 nitrogen and oxygen atoms in total.